The Morgan fingerprint density at radius 3 is 2.30 bits per heavy atom. The van der Waals surface area contributed by atoms with Gasteiger partial charge in [0, 0.05) is 58.1 Å². The van der Waals surface area contributed by atoms with Crippen molar-refractivity contribution < 1.29 is 14.3 Å². The quantitative estimate of drug-likeness (QED) is 0.601. The molecule has 0 spiro atoms. The molecule has 8 heteroatoms. The van der Waals surface area contributed by atoms with Gasteiger partial charge in [0.15, 0.2) is 0 Å². The maximum absolute atomic E-state index is 12.8. The molecule has 0 bridgehead atoms. The molecule has 3 aromatic rings. The fraction of sp³-hybridized carbons (Fsp3) is 0.320. The van der Waals surface area contributed by atoms with Crippen LogP contribution < -0.4 is 10.1 Å². The Balaban J connectivity index is 1.22. The van der Waals surface area contributed by atoms with Crippen LogP contribution in [0.1, 0.15) is 20.7 Å². The highest BCUT2D eigenvalue weighted by molar-refractivity contribution is 5.96. The van der Waals surface area contributed by atoms with E-state index in [2.05, 4.69) is 27.4 Å². The smallest absolute Gasteiger partial charge is 0.261 e. The summed E-state index contributed by atoms with van der Waals surface area (Å²) in [7, 11) is 3.28. The number of amides is 2. The Morgan fingerprint density at radius 1 is 0.970 bits per heavy atom. The second kappa shape index (κ2) is 10.3. The van der Waals surface area contributed by atoms with Crippen LogP contribution in [0.4, 0.5) is 0 Å². The third-order valence-electron chi connectivity index (χ3n) is 5.85. The lowest BCUT2D eigenvalue weighted by atomic mass is 10.0. The summed E-state index contributed by atoms with van der Waals surface area (Å²) in [6.07, 6.45) is 1.69. The van der Waals surface area contributed by atoms with Crippen LogP contribution in [0, 0.1) is 0 Å². The highest BCUT2D eigenvalue weighted by Gasteiger charge is 2.26. The molecule has 0 saturated carbocycles. The van der Waals surface area contributed by atoms with Gasteiger partial charge in [-0.05, 0) is 23.3 Å². The summed E-state index contributed by atoms with van der Waals surface area (Å²) < 4.78 is 6.79. The number of hydrogen-bond acceptors (Lipinski definition) is 5. The minimum absolute atomic E-state index is 0.0631. The fourth-order valence-corrected chi connectivity index (χ4v) is 3.98. The number of piperazine rings is 1. The second-order valence-corrected chi connectivity index (χ2v) is 8.06. The third-order valence-corrected chi connectivity index (χ3v) is 5.85. The van der Waals surface area contributed by atoms with Crippen LogP contribution in [0.25, 0.3) is 11.1 Å². The number of carbonyl (C=O) groups excluding carboxylic acids is 2. The molecule has 1 N–H and O–H groups in total. The number of benzene rings is 2. The van der Waals surface area contributed by atoms with Gasteiger partial charge in [0.05, 0.1) is 7.11 Å². The van der Waals surface area contributed by atoms with Crippen molar-refractivity contribution in [2.45, 2.75) is 0 Å². The number of carbonyl (C=O) groups is 2. The molecule has 0 aliphatic carbocycles. The first kappa shape index (κ1) is 22.5. The highest BCUT2D eigenvalue weighted by atomic mass is 16.5. The normalized spacial score (nSPS) is 14.2. The lowest BCUT2D eigenvalue weighted by Gasteiger charge is -2.34. The van der Waals surface area contributed by atoms with Crippen LogP contribution in [0.2, 0.25) is 0 Å². The minimum Gasteiger partial charge on any atom is -0.479 e. The molecule has 0 radical (unpaired) electrons. The Labute approximate surface area is 193 Å². The largest absolute Gasteiger partial charge is 0.479 e. The molecule has 1 saturated heterocycles. The van der Waals surface area contributed by atoms with Gasteiger partial charge in [0.25, 0.3) is 11.8 Å². The van der Waals surface area contributed by atoms with E-state index >= 15 is 0 Å². The van der Waals surface area contributed by atoms with Crippen molar-refractivity contribution in [3.05, 3.63) is 71.9 Å². The van der Waals surface area contributed by atoms with E-state index in [4.69, 9.17) is 4.74 Å². The summed E-state index contributed by atoms with van der Waals surface area (Å²) in [5.41, 5.74) is 3.35. The number of methoxy groups -OCH3 is 1. The second-order valence-electron chi connectivity index (χ2n) is 8.06. The van der Waals surface area contributed by atoms with Crippen molar-refractivity contribution in [2.75, 3.05) is 46.4 Å². The van der Waals surface area contributed by atoms with E-state index < -0.39 is 0 Å². The molecule has 1 fully saturated rings. The van der Waals surface area contributed by atoms with Crippen LogP contribution in [-0.4, -0.2) is 77.8 Å². The molecule has 1 aliphatic heterocycles. The number of nitrogens with zero attached hydrogens (tertiary/aromatic N) is 4. The molecule has 2 amide bonds. The summed E-state index contributed by atoms with van der Waals surface area (Å²) in [4.78, 5) is 29.4. The zero-order valence-corrected chi connectivity index (χ0v) is 19.0. The van der Waals surface area contributed by atoms with Crippen molar-refractivity contribution in [3.8, 4) is 17.0 Å². The van der Waals surface area contributed by atoms with E-state index in [0.717, 1.165) is 30.8 Å². The van der Waals surface area contributed by atoms with Gasteiger partial charge in [-0.25, -0.2) is 0 Å². The Kier molecular flexibility index (Phi) is 7.04. The van der Waals surface area contributed by atoms with Gasteiger partial charge in [-0.15, -0.1) is 5.10 Å². The van der Waals surface area contributed by atoms with Gasteiger partial charge < -0.3 is 15.0 Å². The van der Waals surface area contributed by atoms with Crippen molar-refractivity contribution in [1.29, 1.82) is 0 Å². The third kappa shape index (κ3) is 5.40. The Hall–Kier alpha value is -3.65. The molecule has 0 atom stereocenters. The summed E-state index contributed by atoms with van der Waals surface area (Å²) in [5, 5.41) is 7.15. The SMILES string of the molecule is COc1nn(C)cc1C(=O)N1CCN(CCNC(=O)c2ccc(-c3ccccc3)cc2)CC1. The Bertz CT molecular complexity index is 1090. The van der Waals surface area contributed by atoms with E-state index in [0.29, 0.717) is 36.6 Å². The molecular weight excluding hydrogens is 418 g/mol. The van der Waals surface area contributed by atoms with Gasteiger partial charge in [-0.1, -0.05) is 42.5 Å². The molecule has 2 aromatic carbocycles. The molecule has 172 valence electrons. The first-order valence-corrected chi connectivity index (χ1v) is 11.1. The fourth-order valence-electron chi connectivity index (χ4n) is 3.98. The first-order valence-electron chi connectivity index (χ1n) is 11.1. The lowest BCUT2D eigenvalue weighted by Crippen LogP contribution is -2.50. The van der Waals surface area contributed by atoms with Crippen LogP contribution in [0.3, 0.4) is 0 Å². The van der Waals surface area contributed by atoms with Gasteiger partial charge >= 0.3 is 0 Å². The average Bonchev–Trinajstić information content (AvgIpc) is 3.25. The number of rotatable bonds is 7. The predicted molar refractivity (Wildman–Crippen MR) is 126 cm³/mol. The van der Waals surface area contributed by atoms with E-state index in [1.807, 2.05) is 47.4 Å². The van der Waals surface area contributed by atoms with Gasteiger partial charge in [0.2, 0.25) is 5.88 Å². The summed E-state index contributed by atoms with van der Waals surface area (Å²) in [6, 6.07) is 17.7. The van der Waals surface area contributed by atoms with E-state index in [-0.39, 0.29) is 11.8 Å². The molecule has 33 heavy (non-hydrogen) atoms. The zero-order chi connectivity index (χ0) is 23.2. The van der Waals surface area contributed by atoms with Crippen LogP contribution in [0.15, 0.2) is 60.8 Å². The van der Waals surface area contributed by atoms with Gasteiger partial charge in [0.1, 0.15) is 5.56 Å². The van der Waals surface area contributed by atoms with Crippen molar-refractivity contribution in [1.82, 2.24) is 24.9 Å². The molecule has 1 aliphatic rings. The van der Waals surface area contributed by atoms with Crippen LogP contribution in [-0.2, 0) is 7.05 Å². The molecule has 8 nitrogen and oxygen atoms in total. The number of aryl methyl sites for hydroxylation is 1. The van der Waals surface area contributed by atoms with Crippen molar-refractivity contribution in [2.24, 2.45) is 7.05 Å². The minimum atomic E-state index is -0.0768. The lowest BCUT2D eigenvalue weighted by molar-refractivity contribution is 0.0634. The van der Waals surface area contributed by atoms with Crippen molar-refractivity contribution >= 4 is 11.8 Å². The Morgan fingerprint density at radius 2 is 1.64 bits per heavy atom. The van der Waals surface area contributed by atoms with E-state index in [1.54, 1.807) is 17.9 Å². The maximum Gasteiger partial charge on any atom is 0.261 e. The zero-order valence-electron chi connectivity index (χ0n) is 19.0. The van der Waals surface area contributed by atoms with E-state index in [9.17, 15) is 9.59 Å². The maximum atomic E-state index is 12.8. The van der Waals surface area contributed by atoms with Gasteiger partial charge in [-0.3, -0.25) is 19.2 Å². The van der Waals surface area contributed by atoms with Crippen LogP contribution >= 0.6 is 0 Å². The highest BCUT2D eigenvalue weighted by Crippen LogP contribution is 2.20. The van der Waals surface area contributed by atoms with Crippen molar-refractivity contribution in [3.63, 3.8) is 0 Å². The number of ether oxygens (including phenoxy) is 1. The number of nitrogens with one attached hydrogen (secondary N) is 1. The molecule has 0 unspecified atom stereocenters. The average molecular weight is 448 g/mol. The molecule has 1 aromatic heterocycles. The molecular formula is C25H29N5O3. The first-order chi connectivity index (χ1) is 16.0. The summed E-state index contributed by atoms with van der Waals surface area (Å²) in [5.74, 6) is 0.211. The summed E-state index contributed by atoms with van der Waals surface area (Å²) in [6.45, 7) is 4.08. The number of aromatic nitrogens is 2. The standard InChI is InChI=1S/C25H29N5O3/c1-28-18-22(24(27-28)33-2)25(32)30-16-14-29(15-17-30)13-12-26-23(31)21-10-8-20(9-11-21)19-6-4-3-5-7-19/h3-11,18H,12-17H2,1-2H3,(H,26,31). The van der Waals surface area contributed by atoms with Crippen LogP contribution in [0.5, 0.6) is 5.88 Å². The van der Waals surface area contributed by atoms with Gasteiger partial charge in [-0.2, -0.15) is 0 Å². The van der Waals surface area contributed by atoms with E-state index in [1.165, 1.54) is 7.11 Å². The monoisotopic (exact) mass is 447 g/mol. The molecule has 4 rings (SSSR count). The predicted octanol–water partition coefficient (Wildman–Crippen LogP) is 2.28. The topological polar surface area (TPSA) is 79.7 Å². The summed E-state index contributed by atoms with van der Waals surface area (Å²) >= 11 is 0. The molecule has 2 heterocycles. The number of hydrogen-bond donors (Lipinski definition) is 1.